The predicted molar refractivity (Wildman–Crippen MR) is 68.0 cm³/mol. The summed E-state index contributed by atoms with van der Waals surface area (Å²) in [5.74, 6) is 0.706. The van der Waals surface area contributed by atoms with E-state index in [1.54, 1.807) is 12.1 Å². The van der Waals surface area contributed by atoms with Gasteiger partial charge in [0.1, 0.15) is 17.3 Å². The summed E-state index contributed by atoms with van der Waals surface area (Å²) in [5.41, 5.74) is -0.179. The van der Waals surface area contributed by atoms with E-state index >= 15 is 0 Å². The van der Waals surface area contributed by atoms with Crippen molar-refractivity contribution in [2.45, 2.75) is 0 Å². The summed E-state index contributed by atoms with van der Waals surface area (Å²) in [6, 6.07) is 5.23. The number of hydrogen-bond donors (Lipinski definition) is 1. The summed E-state index contributed by atoms with van der Waals surface area (Å²) in [6.07, 6.45) is 1.46. The summed E-state index contributed by atoms with van der Waals surface area (Å²) in [5, 5.41) is 15.8. The van der Waals surface area contributed by atoms with E-state index in [9.17, 15) is 10.1 Å². The number of nitrogens with one attached hydrogen (secondary N) is 1. The average molecular weight is 273 g/mol. The van der Waals surface area contributed by atoms with Gasteiger partial charge in [-0.05, 0) is 24.4 Å². The molecule has 3 aromatic rings. The molecule has 0 aliphatic heterocycles. The van der Waals surface area contributed by atoms with Gasteiger partial charge in [-0.3, -0.25) is 9.36 Å². The molecule has 3 rings (SSSR count). The van der Waals surface area contributed by atoms with Crippen LogP contribution in [0.4, 0.5) is 0 Å². The number of fused-ring (bicyclic) bond motifs is 1. The van der Waals surface area contributed by atoms with Crippen molar-refractivity contribution >= 4 is 18.0 Å². The van der Waals surface area contributed by atoms with E-state index in [2.05, 4.69) is 10.2 Å². The molecule has 0 spiro atoms. The molecule has 3 aromatic heterocycles. The van der Waals surface area contributed by atoms with Gasteiger partial charge in [-0.2, -0.15) is 5.26 Å². The molecule has 0 saturated carbocycles. The van der Waals surface area contributed by atoms with Crippen molar-refractivity contribution < 1.29 is 4.42 Å². The second-order valence-electron chi connectivity index (χ2n) is 3.84. The van der Waals surface area contributed by atoms with Gasteiger partial charge in [0.25, 0.3) is 5.56 Å². The molecule has 0 amide bonds. The maximum atomic E-state index is 12.1. The van der Waals surface area contributed by atoms with E-state index in [4.69, 9.17) is 16.6 Å². The molecule has 0 radical (unpaired) electrons. The monoisotopic (exact) mass is 273 g/mol. The highest BCUT2D eigenvalue weighted by molar-refractivity contribution is 7.71. The molecular weight excluding hydrogens is 266 g/mol. The summed E-state index contributed by atoms with van der Waals surface area (Å²) in [4.78, 5) is 12.1. The van der Waals surface area contributed by atoms with Gasteiger partial charge in [0, 0.05) is 7.05 Å². The average Bonchev–Trinajstić information content (AvgIpc) is 3.04. The van der Waals surface area contributed by atoms with Crippen LogP contribution in [0.25, 0.3) is 17.2 Å². The van der Waals surface area contributed by atoms with Crippen molar-refractivity contribution in [3.05, 3.63) is 39.1 Å². The molecule has 94 valence electrons. The van der Waals surface area contributed by atoms with E-state index in [1.807, 2.05) is 6.07 Å². The van der Waals surface area contributed by atoms with E-state index in [-0.39, 0.29) is 10.3 Å². The third-order valence-corrected chi connectivity index (χ3v) is 3.07. The van der Waals surface area contributed by atoms with Crippen molar-refractivity contribution in [2.24, 2.45) is 7.05 Å². The molecule has 0 unspecified atom stereocenters. The lowest BCUT2D eigenvalue weighted by atomic mass is 10.2. The Balaban J connectivity index is 2.66. The van der Waals surface area contributed by atoms with Crippen LogP contribution in [0.3, 0.4) is 0 Å². The zero-order chi connectivity index (χ0) is 13.6. The Bertz CT molecular complexity index is 923. The van der Waals surface area contributed by atoms with E-state index in [0.29, 0.717) is 17.2 Å². The molecule has 7 nitrogen and oxygen atoms in total. The number of nitrogens with zero attached hydrogens (tertiary/aromatic N) is 4. The Labute approximate surface area is 111 Å². The van der Waals surface area contributed by atoms with Crippen LogP contribution in [0.1, 0.15) is 5.56 Å². The van der Waals surface area contributed by atoms with Crippen LogP contribution in [0, 0.1) is 16.1 Å². The maximum absolute atomic E-state index is 12.1. The Hall–Kier alpha value is -2.66. The van der Waals surface area contributed by atoms with Gasteiger partial charge in [-0.25, -0.2) is 9.50 Å². The van der Waals surface area contributed by atoms with Crippen LogP contribution in [-0.4, -0.2) is 19.2 Å². The zero-order valence-electron chi connectivity index (χ0n) is 9.75. The first-order valence-corrected chi connectivity index (χ1v) is 5.70. The van der Waals surface area contributed by atoms with Crippen LogP contribution >= 0.6 is 12.2 Å². The molecule has 0 atom stereocenters. The van der Waals surface area contributed by atoms with Crippen molar-refractivity contribution in [2.75, 3.05) is 0 Å². The summed E-state index contributed by atoms with van der Waals surface area (Å²) in [7, 11) is 1.53. The number of aryl methyl sites for hydroxylation is 1. The molecule has 3 heterocycles. The molecule has 0 bridgehead atoms. The number of nitriles is 1. The minimum absolute atomic E-state index is 0.0394. The molecule has 0 aliphatic rings. The standard InChI is InChI=1S/C11H7N5O2S/c1-15-9(17)6(5-12)8(7-3-2-4-18-7)16-10(15)13-14-11(16)19/h2-4H,1H3,(H,14,19). The molecule has 0 fully saturated rings. The van der Waals surface area contributed by atoms with Gasteiger partial charge in [-0.15, -0.1) is 5.10 Å². The molecule has 0 saturated heterocycles. The number of hydrogen-bond acceptors (Lipinski definition) is 5. The smallest absolute Gasteiger partial charge is 0.273 e. The lowest BCUT2D eigenvalue weighted by Crippen LogP contribution is -2.24. The highest BCUT2D eigenvalue weighted by atomic mass is 32.1. The quantitative estimate of drug-likeness (QED) is 0.673. The summed E-state index contributed by atoms with van der Waals surface area (Å²) < 4.78 is 8.34. The zero-order valence-corrected chi connectivity index (χ0v) is 10.6. The normalized spacial score (nSPS) is 10.7. The van der Waals surface area contributed by atoms with Crippen LogP contribution in [0.2, 0.25) is 0 Å². The third kappa shape index (κ3) is 1.45. The number of H-pyrrole nitrogens is 1. The van der Waals surface area contributed by atoms with Crippen molar-refractivity contribution in [1.82, 2.24) is 19.2 Å². The van der Waals surface area contributed by atoms with Gasteiger partial charge >= 0.3 is 0 Å². The van der Waals surface area contributed by atoms with Crippen molar-refractivity contribution in [3.8, 4) is 17.5 Å². The number of aromatic amines is 1. The number of furan rings is 1. The molecule has 8 heteroatoms. The fraction of sp³-hybridized carbons (Fsp3) is 0.0909. The van der Waals surface area contributed by atoms with Crippen molar-refractivity contribution in [3.63, 3.8) is 0 Å². The lowest BCUT2D eigenvalue weighted by molar-refractivity contribution is 0.577. The molecule has 0 aliphatic carbocycles. The molecular formula is C11H7N5O2S. The topological polar surface area (TPSA) is 92.0 Å². The minimum atomic E-state index is -0.449. The van der Waals surface area contributed by atoms with Gasteiger partial charge in [-0.1, -0.05) is 0 Å². The number of rotatable bonds is 1. The van der Waals surface area contributed by atoms with E-state index < -0.39 is 5.56 Å². The molecule has 1 N–H and O–H groups in total. The first kappa shape index (κ1) is 11.4. The Morgan fingerprint density at radius 2 is 2.37 bits per heavy atom. The van der Waals surface area contributed by atoms with Gasteiger partial charge in [0.05, 0.1) is 6.26 Å². The number of aromatic nitrogens is 4. The fourth-order valence-corrected chi connectivity index (χ4v) is 2.15. The lowest BCUT2D eigenvalue weighted by Gasteiger charge is -2.07. The molecule has 0 aromatic carbocycles. The maximum Gasteiger partial charge on any atom is 0.273 e. The largest absolute Gasteiger partial charge is 0.463 e. The molecule has 19 heavy (non-hydrogen) atoms. The first-order chi connectivity index (χ1) is 9.15. The highest BCUT2D eigenvalue weighted by Gasteiger charge is 2.20. The van der Waals surface area contributed by atoms with Crippen LogP contribution in [0.5, 0.6) is 0 Å². The Morgan fingerprint density at radius 1 is 1.58 bits per heavy atom. The summed E-state index contributed by atoms with van der Waals surface area (Å²) in [6.45, 7) is 0. The second-order valence-corrected chi connectivity index (χ2v) is 4.23. The Morgan fingerprint density at radius 3 is 3.00 bits per heavy atom. The van der Waals surface area contributed by atoms with Crippen LogP contribution in [-0.2, 0) is 7.05 Å². The van der Waals surface area contributed by atoms with Gasteiger partial charge in [0.15, 0.2) is 5.76 Å². The predicted octanol–water partition coefficient (Wildman–Crippen LogP) is 1.22. The van der Waals surface area contributed by atoms with E-state index in [0.717, 1.165) is 0 Å². The summed E-state index contributed by atoms with van der Waals surface area (Å²) >= 11 is 5.14. The van der Waals surface area contributed by atoms with E-state index in [1.165, 1.54) is 22.3 Å². The van der Waals surface area contributed by atoms with Crippen LogP contribution in [0.15, 0.2) is 27.6 Å². The second kappa shape index (κ2) is 3.93. The van der Waals surface area contributed by atoms with Gasteiger partial charge in [0.2, 0.25) is 10.5 Å². The van der Waals surface area contributed by atoms with Crippen LogP contribution < -0.4 is 5.56 Å². The van der Waals surface area contributed by atoms with Crippen molar-refractivity contribution in [1.29, 1.82) is 5.26 Å². The fourth-order valence-electron chi connectivity index (χ4n) is 1.93. The van der Waals surface area contributed by atoms with Gasteiger partial charge < -0.3 is 4.42 Å². The third-order valence-electron chi connectivity index (χ3n) is 2.80. The minimum Gasteiger partial charge on any atom is -0.463 e. The Kier molecular flexibility index (Phi) is 2.36. The SMILES string of the molecule is Cn1c(=O)c(C#N)c(-c2ccco2)n2c(=S)[nH]nc12. The first-order valence-electron chi connectivity index (χ1n) is 5.29. The highest BCUT2D eigenvalue weighted by Crippen LogP contribution is 2.22.